The highest BCUT2D eigenvalue weighted by atomic mass is 19.4. The first-order chi connectivity index (χ1) is 16.8. The van der Waals surface area contributed by atoms with E-state index in [0.717, 1.165) is 16.9 Å². The fourth-order valence-corrected chi connectivity index (χ4v) is 3.68. The lowest BCUT2D eigenvalue weighted by molar-refractivity contribution is -0.274. The number of nitrogens with zero attached hydrogens (tertiary/aromatic N) is 6. The molecule has 0 N–H and O–H groups in total. The van der Waals surface area contributed by atoms with Gasteiger partial charge in [-0.3, -0.25) is 4.79 Å². The third-order valence-corrected chi connectivity index (χ3v) is 5.19. The molecule has 5 aromatic rings. The molecule has 35 heavy (non-hydrogen) atoms. The molecule has 0 unspecified atom stereocenters. The smallest absolute Gasteiger partial charge is 0.406 e. The van der Waals surface area contributed by atoms with Gasteiger partial charge in [-0.2, -0.15) is 15.3 Å². The Bertz CT molecular complexity index is 1550. The number of hydrogen-bond acceptors (Lipinski definition) is 5. The molecule has 176 valence electrons. The highest BCUT2D eigenvalue weighted by Gasteiger charge is 2.31. The molecule has 0 bridgehead atoms. The third kappa shape index (κ3) is 4.56. The third-order valence-electron chi connectivity index (χ3n) is 5.19. The minimum absolute atomic E-state index is 0.0858. The van der Waals surface area contributed by atoms with E-state index < -0.39 is 12.1 Å². The van der Waals surface area contributed by atoms with Crippen LogP contribution >= 0.6 is 0 Å². The standard InChI is InChI=1S/C24H17F3N6O2/c1-16-14-17(31-12-3-10-28-31)6-7-20(16)32-13-9-22(34)23(30-32)21-8-11-29-33(21)18-4-2-5-19(15-18)35-24(25,26)27/h2-15H,1H3. The van der Waals surface area contributed by atoms with Crippen LogP contribution in [0.1, 0.15) is 5.56 Å². The number of halogens is 3. The van der Waals surface area contributed by atoms with E-state index in [-0.39, 0.29) is 16.8 Å². The predicted molar refractivity (Wildman–Crippen MR) is 121 cm³/mol. The van der Waals surface area contributed by atoms with E-state index in [0.29, 0.717) is 5.69 Å². The van der Waals surface area contributed by atoms with Crippen molar-refractivity contribution in [2.24, 2.45) is 0 Å². The summed E-state index contributed by atoms with van der Waals surface area (Å²) in [4.78, 5) is 12.7. The monoisotopic (exact) mass is 478 g/mol. The quantitative estimate of drug-likeness (QED) is 0.372. The Morgan fingerprint density at radius 2 is 1.71 bits per heavy atom. The van der Waals surface area contributed by atoms with Crippen LogP contribution in [0.4, 0.5) is 13.2 Å². The van der Waals surface area contributed by atoms with Crippen LogP contribution in [0.5, 0.6) is 5.75 Å². The fourth-order valence-electron chi connectivity index (χ4n) is 3.68. The van der Waals surface area contributed by atoms with Crippen molar-refractivity contribution in [2.45, 2.75) is 13.3 Å². The maximum atomic E-state index is 12.7. The maximum absolute atomic E-state index is 12.7. The Kier molecular flexibility index (Phi) is 5.44. The summed E-state index contributed by atoms with van der Waals surface area (Å²) in [6.07, 6.45) is 1.69. The Morgan fingerprint density at radius 1 is 0.857 bits per heavy atom. The molecule has 0 aliphatic carbocycles. The molecule has 0 saturated heterocycles. The van der Waals surface area contributed by atoms with Gasteiger partial charge in [0.1, 0.15) is 5.75 Å². The minimum atomic E-state index is -4.83. The van der Waals surface area contributed by atoms with E-state index in [2.05, 4.69) is 20.0 Å². The van der Waals surface area contributed by atoms with Crippen molar-refractivity contribution in [2.75, 3.05) is 0 Å². The second-order valence-electron chi connectivity index (χ2n) is 7.57. The molecule has 8 nitrogen and oxygen atoms in total. The zero-order valence-electron chi connectivity index (χ0n) is 18.2. The van der Waals surface area contributed by atoms with E-state index in [1.54, 1.807) is 33.9 Å². The van der Waals surface area contributed by atoms with E-state index in [1.807, 2.05) is 37.4 Å². The van der Waals surface area contributed by atoms with Gasteiger partial charge >= 0.3 is 6.36 Å². The minimum Gasteiger partial charge on any atom is -0.406 e. The lowest BCUT2D eigenvalue weighted by atomic mass is 10.1. The average Bonchev–Trinajstić information content (AvgIpc) is 3.51. The van der Waals surface area contributed by atoms with Gasteiger partial charge in [-0.05, 0) is 55.0 Å². The van der Waals surface area contributed by atoms with Crippen molar-refractivity contribution in [3.8, 4) is 34.2 Å². The van der Waals surface area contributed by atoms with Gasteiger partial charge in [0.15, 0.2) is 5.69 Å². The number of ether oxygens (including phenoxy) is 1. The van der Waals surface area contributed by atoms with Crippen molar-refractivity contribution in [1.29, 1.82) is 0 Å². The van der Waals surface area contributed by atoms with Gasteiger partial charge in [-0.15, -0.1) is 13.2 Å². The second kappa shape index (κ2) is 8.60. The Labute approximate surface area is 196 Å². The van der Waals surface area contributed by atoms with E-state index in [9.17, 15) is 18.0 Å². The maximum Gasteiger partial charge on any atom is 0.573 e. The van der Waals surface area contributed by atoms with Crippen LogP contribution in [0, 0.1) is 6.92 Å². The molecule has 3 aromatic heterocycles. The lowest BCUT2D eigenvalue weighted by Gasteiger charge is -2.13. The Balaban J connectivity index is 1.54. The molecule has 0 spiro atoms. The normalized spacial score (nSPS) is 11.5. The SMILES string of the molecule is Cc1cc(-n2cccn2)ccc1-n1ccc(=O)c(-c2ccnn2-c2cccc(OC(F)(F)F)c2)n1. The van der Waals surface area contributed by atoms with Gasteiger partial charge in [0.25, 0.3) is 0 Å². The molecular weight excluding hydrogens is 461 g/mol. The van der Waals surface area contributed by atoms with Crippen LogP contribution in [0.2, 0.25) is 0 Å². The summed E-state index contributed by atoms with van der Waals surface area (Å²) < 4.78 is 46.6. The van der Waals surface area contributed by atoms with Gasteiger partial charge in [0.05, 0.1) is 29.0 Å². The van der Waals surface area contributed by atoms with Gasteiger partial charge in [-0.25, -0.2) is 14.0 Å². The molecule has 0 amide bonds. The van der Waals surface area contributed by atoms with Crippen LogP contribution in [0.15, 0.2) is 90.2 Å². The highest BCUT2D eigenvalue weighted by Crippen LogP contribution is 2.26. The van der Waals surface area contributed by atoms with Crippen LogP contribution in [0.25, 0.3) is 28.5 Å². The van der Waals surface area contributed by atoms with Gasteiger partial charge in [0, 0.05) is 30.7 Å². The van der Waals surface area contributed by atoms with Crippen molar-refractivity contribution < 1.29 is 17.9 Å². The average molecular weight is 478 g/mol. The van der Waals surface area contributed by atoms with E-state index in [4.69, 9.17) is 0 Å². The lowest BCUT2D eigenvalue weighted by Crippen LogP contribution is -2.17. The zero-order chi connectivity index (χ0) is 24.6. The second-order valence-corrected chi connectivity index (χ2v) is 7.57. The molecule has 11 heteroatoms. The number of aromatic nitrogens is 6. The van der Waals surface area contributed by atoms with Crippen LogP contribution in [0.3, 0.4) is 0 Å². The van der Waals surface area contributed by atoms with Crippen LogP contribution in [-0.2, 0) is 0 Å². The van der Waals surface area contributed by atoms with Gasteiger partial charge < -0.3 is 4.74 Å². The van der Waals surface area contributed by atoms with Gasteiger partial charge in [0.2, 0.25) is 5.43 Å². The van der Waals surface area contributed by atoms with Gasteiger partial charge in [-0.1, -0.05) is 6.07 Å². The number of benzene rings is 2. The molecule has 2 aromatic carbocycles. The molecule has 0 saturated carbocycles. The molecule has 0 aliphatic rings. The van der Waals surface area contributed by atoms with Crippen molar-refractivity contribution in [1.82, 2.24) is 29.3 Å². The summed E-state index contributed by atoms with van der Waals surface area (Å²) in [7, 11) is 0. The zero-order valence-corrected chi connectivity index (χ0v) is 18.2. The van der Waals surface area contributed by atoms with Crippen LogP contribution < -0.4 is 10.2 Å². The molecule has 3 heterocycles. The topological polar surface area (TPSA) is 79.8 Å². The number of hydrogen-bond donors (Lipinski definition) is 0. The highest BCUT2D eigenvalue weighted by molar-refractivity contribution is 5.58. The number of alkyl halides is 3. The van der Waals surface area contributed by atoms with Crippen molar-refractivity contribution in [3.05, 3.63) is 101 Å². The molecule has 0 fully saturated rings. The van der Waals surface area contributed by atoms with E-state index in [1.165, 1.54) is 35.1 Å². The van der Waals surface area contributed by atoms with E-state index >= 15 is 0 Å². The molecular formula is C24H17F3N6O2. The number of aryl methyl sites for hydroxylation is 1. The fraction of sp³-hybridized carbons (Fsp3) is 0.0833. The summed E-state index contributed by atoms with van der Waals surface area (Å²) in [6, 6.07) is 15.8. The number of rotatable bonds is 5. The molecule has 0 radical (unpaired) electrons. The Hall–Kier alpha value is -4.67. The van der Waals surface area contributed by atoms with Crippen molar-refractivity contribution in [3.63, 3.8) is 0 Å². The summed E-state index contributed by atoms with van der Waals surface area (Å²) >= 11 is 0. The summed E-state index contributed by atoms with van der Waals surface area (Å²) in [5.41, 5.74) is 2.83. The first kappa shape index (κ1) is 22.1. The van der Waals surface area contributed by atoms with Crippen molar-refractivity contribution >= 4 is 0 Å². The first-order valence-electron chi connectivity index (χ1n) is 10.4. The largest absolute Gasteiger partial charge is 0.573 e. The molecule has 0 aliphatic heterocycles. The van der Waals surface area contributed by atoms with Crippen LogP contribution in [-0.4, -0.2) is 35.7 Å². The summed E-state index contributed by atoms with van der Waals surface area (Å²) in [5, 5.41) is 12.9. The summed E-state index contributed by atoms with van der Waals surface area (Å²) in [6.45, 7) is 1.91. The molecule has 5 rings (SSSR count). The first-order valence-corrected chi connectivity index (χ1v) is 10.4. The summed E-state index contributed by atoms with van der Waals surface area (Å²) in [5.74, 6) is -0.400. The predicted octanol–water partition coefficient (Wildman–Crippen LogP) is 4.48. The molecule has 0 atom stereocenters. The Morgan fingerprint density at radius 3 is 2.46 bits per heavy atom.